The fourth-order valence-corrected chi connectivity index (χ4v) is 1.91. The standard InChI is InChI=1S/C14H25F2O7P/c1-12(2,3)10(17)20-8-22-24(19,14(7,15)16)23-9-21-11(18)13(4,5)6/h8-9H2,1-7H3. The molecule has 0 rings (SSSR count). The van der Waals surface area contributed by atoms with Gasteiger partial charge in [-0.25, -0.2) is 0 Å². The number of carbonyl (C=O) groups excluding carboxylic acids is 2. The molecule has 24 heavy (non-hydrogen) atoms. The minimum Gasteiger partial charge on any atom is -0.438 e. The maximum atomic E-state index is 13.5. The summed E-state index contributed by atoms with van der Waals surface area (Å²) in [6.45, 7) is 7.64. The van der Waals surface area contributed by atoms with E-state index in [2.05, 4.69) is 18.5 Å². The highest BCUT2D eigenvalue weighted by molar-refractivity contribution is 7.55. The van der Waals surface area contributed by atoms with Gasteiger partial charge in [-0.2, -0.15) is 8.78 Å². The fourth-order valence-electron chi connectivity index (χ4n) is 0.995. The lowest BCUT2D eigenvalue weighted by Crippen LogP contribution is -2.26. The van der Waals surface area contributed by atoms with E-state index in [0.29, 0.717) is 6.92 Å². The molecule has 0 fully saturated rings. The van der Waals surface area contributed by atoms with Gasteiger partial charge in [0.15, 0.2) is 0 Å². The summed E-state index contributed by atoms with van der Waals surface area (Å²) in [4.78, 5) is 23.0. The number of ether oxygens (including phenoxy) is 2. The predicted molar refractivity (Wildman–Crippen MR) is 81.2 cm³/mol. The number of halogens is 2. The van der Waals surface area contributed by atoms with E-state index in [-0.39, 0.29) is 0 Å². The Kier molecular flexibility index (Phi) is 7.54. The van der Waals surface area contributed by atoms with Gasteiger partial charge in [0, 0.05) is 6.92 Å². The Bertz CT molecular complexity index is 465. The second kappa shape index (κ2) is 7.89. The molecule has 0 aromatic rings. The van der Waals surface area contributed by atoms with E-state index in [0.717, 1.165) is 0 Å². The molecule has 0 aliphatic rings. The first kappa shape index (κ1) is 22.9. The molecule has 7 nitrogen and oxygen atoms in total. The number of alkyl halides is 2. The van der Waals surface area contributed by atoms with Crippen LogP contribution in [0.3, 0.4) is 0 Å². The third kappa shape index (κ3) is 7.23. The first-order valence-corrected chi connectivity index (χ1v) is 8.66. The Hall–Kier alpha value is -1.05. The number of hydrogen-bond acceptors (Lipinski definition) is 7. The van der Waals surface area contributed by atoms with E-state index in [9.17, 15) is 22.9 Å². The monoisotopic (exact) mass is 374 g/mol. The van der Waals surface area contributed by atoms with Crippen LogP contribution in [0.5, 0.6) is 0 Å². The van der Waals surface area contributed by atoms with E-state index < -0.39 is 49.6 Å². The molecule has 0 saturated heterocycles. The van der Waals surface area contributed by atoms with Crippen molar-refractivity contribution in [1.82, 2.24) is 0 Å². The lowest BCUT2D eigenvalue weighted by atomic mass is 9.98. The molecular formula is C14H25F2O7P. The summed E-state index contributed by atoms with van der Waals surface area (Å²) >= 11 is 0. The highest BCUT2D eigenvalue weighted by Gasteiger charge is 2.50. The van der Waals surface area contributed by atoms with Crippen molar-refractivity contribution in [2.45, 2.75) is 54.1 Å². The van der Waals surface area contributed by atoms with Gasteiger partial charge in [-0.3, -0.25) is 23.2 Å². The van der Waals surface area contributed by atoms with Crippen LogP contribution in [0.25, 0.3) is 0 Å². The van der Waals surface area contributed by atoms with Crippen molar-refractivity contribution >= 4 is 19.5 Å². The van der Waals surface area contributed by atoms with Crippen molar-refractivity contribution in [3.05, 3.63) is 0 Å². The summed E-state index contributed by atoms with van der Waals surface area (Å²) < 4.78 is 57.3. The van der Waals surface area contributed by atoms with E-state index in [4.69, 9.17) is 0 Å². The van der Waals surface area contributed by atoms with Crippen LogP contribution in [-0.2, 0) is 32.7 Å². The van der Waals surface area contributed by atoms with Gasteiger partial charge in [-0.15, -0.1) is 0 Å². The Balaban J connectivity index is 4.74. The molecule has 0 aromatic heterocycles. The highest BCUT2D eigenvalue weighted by Crippen LogP contribution is 2.61. The predicted octanol–water partition coefficient (Wildman–Crippen LogP) is 3.92. The third-order valence-corrected chi connectivity index (χ3v) is 4.38. The van der Waals surface area contributed by atoms with Gasteiger partial charge < -0.3 is 9.47 Å². The average Bonchev–Trinajstić information content (AvgIpc) is 2.34. The third-order valence-electron chi connectivity index (χ3n) is 2.53. The normalized spacial score (nSPS) is 13.5. The van der Waals surface area contributed by atoms with Crippen molar-refractivity contribution in [3.8, 4) is 0 Å². The second-order valence-electron chi connectivity index (χ2n) is 7.20. The van der Waals surface area contributed by atoms with Crippen molar-refractivity contribution < 1.29 is 41.5 Å². The molecule has 0 aromatic carbocycles. The number of carbonyl (C=O) groups is 2. The van der Waals surface area contributed by atoms with Gasteiger partial charge in [0.1, 0.15) is 0 Å². The van der Waals surface area contributed by atoms with Crippen LogP contribution in [0.15, 0.2) is 0 Å². The average molecular weight is 374 g/mol. The smallest absolute Gasteiger partial charge is 0.405 e. The van der Waals surface area contributed by atoms with Crippen molar-refractivity contribution in [3.63, 3.8) is 0 Å². The number of hydrogen-bond donors (Lipinski definition) is 0. The van der Waals surface area contributed by atoms with E-state index >= 15 is 0 Å². The van der Waals surface area contributed by atoms with Gasteiger partial charge in [-0.05, 0) is 41.5 Å². The largest absolute Gasteiger partial charge is 0.438 e. The van der Waals surface area contributed by atoms with Gasteiger partial charge in [0.25, 0.3) is 0 Å². The van der Waals surface area contributed by atoms with E-state index in [1.165, 1.54) is 0 Å². The minimum absolute atomic E-state index is 0.324. The maximum Gasteiger partial charge on any atom is 0.405 e. The number of rotatable bonds is 7. The molecule has 0 aliphatic carbocycles. The zero-order chi connectivity index (χ0) is 19.4. The van der Waals surface area contributed by atoms with Gasteiger partial charge in [-0.1, -0.05) is 0 Å². The molecule has 0 aliphatic heterocycles. The van der Waals surface area contributed by atoms with Crippen molar-refractivity contribution in [2.24, 2.45) is 10.8 Å². The number of esters is 2. The van der Waals surface area contributed by atoms with Crippen molar-refractivity contribution in [1.29, 1.82) is 0 Å². The van der Waals surface area contributed by atoms with Crippen LogP contribution < -0.4 is 0 Å². The molecule has 0 bridgehead atoms. The van der Waals surface area contributed by atoms with E-state index in [1.54, 1.807) is 41.5 Å². The molecule has 0 saturated carbocycles. The van der Waals surface area contributed by atoms with Gasteiger partial charge in [0.05, 0.1) is 10.8 Å². The van der Waals surface area contributed by atoms with Crippen LogP contribution in [0, 0.1) is 10.8 Å². The van der Waals surface area contributed by atoms with Gasteiger partial charge >= 0.3 is 25.2 Å². The summed E-state index contributed by atoms with van der Waals surface area (Å²) in [7, 11) is -5.01. The fraction of sp³-hybridized carbons (Fsp3) is 0.857. The summed E-state index contributed by atoms with van der Waals surface area (Å²) in [5.41, 5.74) is -5.65. The molecule has 0 unspecified atom stereocenters. The molecule has 10 heteroatoms. The molecule has 0 N–H and O–H groups in total. The molecular weight excluding hydrogens is 349 g/mol. The first-order valence-electron chi connectivity index (χ1n) is 7.12. The summed E-state index contributed by atoms with van der Waals surface area (Å²) in [5, 5.41) is 0. The summed E-state index contributed by atoms with van der Waals surface area (Å²) in [6.07, 6.45) is 0. The molecule has 0 amide bonds. The van der Waals surface area contributed by atoms with Crippen LogP contribution in [0.4, 0.5) is 8.78 Å². The minimum atomic E-state index is -5.01. The van der Waals surface area contributed by atoms with Gasteiger partial charge in [0.2, 0.25) is 13.6 Å². The Labute approximate surface area is 140 Å². The molecule has 142 valence electrons. The molecule has 0 heterocycles. The van der Waals surface area contributed by atoms with Crippen LogP contribution in [0.2, 0.25) is 0 Å². The Morgan fingerprint density at radius 2 is 1.08 bits per heavy atom. The summed E-state index contributed by atoms with van der Waals surface area (Å²) in [5.74, 6) is -1.46. The highest BCUT2D eigenvalue weighted by atomic mass is 31.2. The first-order chi connectivity index (χ1) is 10.5. The van der Waals surface area contributed by atoms with E-state index in [1.807, 2.05) is 0 Å². The van der Waals surface area contributed by atoms with Crippen LogP contribution in [-0.4, -0.2) is 31.2 Å². The zero-order valence-electron chi connectivity index (χ0n) is 15.0. The second-order valence-corrected chi connectivity index (χ2v) is 9.49. The van der Waals surface area contributed by atoms with Crippen LogP contribution >= 0.6 is 7.60 Å². The van der Waals surface area contributed by atoms with Crippen LogP contribution in [0.1, 0.15) is 48.5 Å². The Morgan fingerprint density at radius 3 is 1.29 bits per heavy atom. The Morgan fingerprint density at radius 1 is 0.792 bits per heavy atom. The lowest BCUT2D eigenvalue weighted by molar-refractivity contribution is -0.163. The van der Waals surface area contributed by atoms with Crippen molar-refractivity contribution in [2.75, 3.05) is 13.6 Å². The maximum absolute atomic E-state index is 13.5. The molecule has 0 radical (unpaired) electrons. The topological polar surface area (TPSA) is 88.1 Å². The summed E-state index contributed by atoms with van der Waals surface area (Å²) in [6, 6.07) is 0. The SMILES string of the molecule is CC(C)(C)C(=O)OCOP(=O)(OCOC(=O)C(C)(C)C)C(C)(F)F. The quantitative estimate of drug-likeness (QED) is 0.379. The zero-order valence-corrected chi connectivity index (χ0v) is 15.9. The molecule has 0 atom stereocenters. The lowest BCUT2D eigenvalue weighted by Gasteiger charge is -2.25. The molecule has 0 spiro atoms.